The minimum atomic E-state index is -3.53. The van der Waals surface area contributed by atoms with E-state index in [4.69, 9.17) is 24.1 Å². The van der Waals surface area contributed by atoms with Gasteiger partial charge in [0.1, 0.15) is 0 Å². The molecule has 3 aromatic rings. The van der Waals surface area contributed by atoms with Crippen LogP contribution in [0.2, 0.25) is 0 Å². The Morgan fingerprint density at radius 3 is 1.98 bits per heavy atom. The van der Waals surface area contributed by atoms with Gasteiger partial charge in [0.25, 0.3) is 0 Å². The molecular formula is C35H44N2O10S. The van der Waals surface area contributed by atoms with Crippen molar-refractivity contribution in [1.29, 1.82) is 0 Å². The number of hydrogen-bond donors (Lipinski definition) is 2. The van der Waals surface area contributed by atoms with Crippen molar-refractivity contribution in [3.8, 4) is 34.1 Å². The number of fused-ring (bicyclic) bond motifs is 3. The normalized spacial score (nSPS) is 13.5. The van der Waals surface area contributed by atoms with Crippen LogP contribution >= 0.6 is 0 Å². The van der Waals surface area contributed by atoms with E-state index in [1.807, 2.05) is 26.0 Å². The molecule has 0 unspecified atom stereocenters. The number of carbonyl (C=O) groups excluding carboxylic acids is 1. The molecule has 1 atom stereocenters. The summed E-state index contributed by atoms with van der Waals surface area (Å²) in [6, 6.07) is 11.9. The van der Waals surface area contributed by atoms with Crippen LogP contribution in [0.5, 0.6) is 23.0 Å². The zero-order valence-electron chi connectivity index (χ0n) is 28.4. The second kappa shape index (κ2) is 17.0. The van der Waals surface area contributed by atoms with Gasteiger partial charge in [0.15, 0.2) is 17.2 Å². The van der Waals surface area contributed by atoms with Crippen LogP contribution < -0.4 is 29.7 Å². The lowest BCUT2D eigenvalue weighted by molar-refractivity contribution is -0.119. The Kier molecular flexibility index (Phi) is 13.4. The molecule has 3 aromatic carbocycles. The van der Waals surface area contributed by atoms with Gasteiger partial charge in [-0.3, -0.25) is 9.59 Å². The van der Waals surface area contributed by atoms with Crippen molar-refractivity contribution in [3.05, 3.63) is 75.4 Å². The number of aryl methyl sites for hydroxylation is 1. The van der Waals surface area contributed by atoms with E-state index in [0.717, 1.165) is 29.5 Å². The molecule has 0 heterocycles. The lowest BCUT2D eigenvalue weighted by Gasteiger charge is -2.20. The molecule has 0 bridgehead atoms. The molecule has 13 heteroatoms. The maximum Gasteiger partial charge on any atom is 0.335 e. The lowest BCUT2D eigenvalue weighted by atomic mass is 9.95. The van der Waals surface area contributed by atoms with E-state index >= 15 is 0 Å². The molecule has 0 saturated heterocycles. The first-order valence-corrected chi connectivity index (χ1v) is 17.0. The number of benzene rings is 2. The molecule has 1 aliphatic rings. The monoisotopic (exact) mass is 684 g/mol. The summed E-state index contributed by atoms with van der Waals surface area (Å²) in [4.78, 5) is 35.4. The van der Waals surface area contributed by atoms with Crippen LogP contribution in [0, 0.1) is 0 Å². The molecule has 0 radical (unpaired) electrons. The summed E-state index contributed by atoms with van der Waals surface area (Å²) in [5.41, 5.74) is 3.09. The van der Waals surface area contributed by atoms with Gasteiger partial charge in [-0.25, -0.2) is 13.2 Å². The standard InChI is InChI=1S/C22H25NO6.C13H19NO4S/c1-12(24)23-16-8-6-13-10-19(27-3)21(28-4)22(29-5)20(13)14-7-9-18(26-2)17(25)11-15(14)16;1-3-9-14(10-4-2)19(17,18)12-7-5-11(6-8-12)13(15)16/h7,9-11,16H,6,8H2,1-5H3,(H,23,24);5-8H,3-4,9-10H2,1-2H3,(H,15,16)/t16-;/m0./s1. The number of amides is 1. The fourth-order valence-corrected chi connectivity index (χ4v) is 7.26. The predicted molar refractivity (Wildman–Crippen MR) is 182 cm³/mol. The number of carboxylic acids is 1. The zero-order chi connectivity index (χ0) is 35.6. The summed E-state index contributed by atoms with van der Waals surface area (Å²) in [6.07, 6.45) is 2.75. The van der Waals surface area contributed by atoms with Crippen LogP contribution in [-0.2, 0) is 21.2 Å². The zero-order valence-corrected chi connectivity index (χ0v) is 29.2. The minimum absolute atomic E-state index is 0.0801. The first kappa shape index (κ1) is 37.8. The number of methoxy groups -OCH3 is 4. The summed E-state index contributed by atoms with van der Waals surface area (Å²) < 4.78 is 48.2. The number of carbonyl (C=O) groups is 2. The molecule has 260 valence electrons. The Hall–Kier alpha value is -4.62. The summed E-state index contributed by atoms with van der Waals surface area (Å²) in [7, 11) is 2.61. The SMILES string of the molecule is CCCN(CCC)S(=O)(=O)c1ccc(C(=O)O)cc1.COc1cc2c(c(OC)c1OC)-c1ccc(OC)c(=O)cc1[C@@H](NC(C)=O)CC2. The van der Waals surface area contributed by atoms with Crippen LogP contribution in [0.15, 0.2) is 58.2 Å². The van der Waals surface area contributed by atoms with Crippen molar-refractivity contribution in [2.75, 3.05) is 41.5 Å². The summed E-state index contributed by atoms with van der Waals surface area (Å²) in [5, 5.41) is 11.8. The third-order valence-electron chi connectivity index (χ3n) is 7.78. The molecule has 0 saturated carbocycles. The molecule has 4 rings (SSSR count). The number of hydrogen-bond acceptors (Lipinski definition) is 9. The third-order valence-corrected chi connectivity index (χ3v) is 9.70. The molecule has 2 N–H and O–H groups in total. The largest absolute Gasteiger partial charge is 0.493 e. The van der Waals surface area contributed by atoms with Crippen LogP contribution in [0.4, 0.5) is 0 Å². The first-order valence-electron chi connectivity index (χ1n) is 15.5. The quantitative estimate of drug-likeness (QED) is 0.264. The molecule has 1 amide bonds. The van der Waals surface area contributed by atoms with Gasteiger partial charge in [0.2, 0.25) is 27.1 Å². The van der Waals surface area contributed by atoms with Crippen molar-refractivity contribution < 1.29 is 42.1 Å². The van der Waals surface area contributed by atoms with Gasteiger partial charge in [-0.2, -0.15) is 4.31 Å². The molecule has 0 aliphatic heterocycles. The maximum atomic E-state index is 12.6. The number of rotatable bonds is 12. The Morgan fingerprint density at radius 2 is 1.48 bits per heavy atom. The van der Waals surface area contributed by atoms with Crippen molar-refractivity contribution >= 4 is 21.9 Å². The Balaban J connectivity index is 0.000000286. The van der Waals surface area contributed by atoms with Crippen molar-refractivity contribution in [2.24, 2.45) is 0 Å². The number of nitrogens with one attached hydrogen (secondary N) is 1. The Bertz CT molecular complexity index is 1770. The van der Waals surface area contributed by atoms with E-state index < -0.39 is 16.0 Å². The van der Waals surface area contributed by atoms with Gasteiger partial charge in [-0.05, 0) is 84.8 Å². The topological polar surface area (TPSA) is 158 Å². The van der Waals surface area contributed by atoms with Crippen molar-refractivity contribution in [3.63, 3.8) is 0 Å². The molecule has 0 spiro atoms. The van der Waals surface area contributed by atoms with Gasteiger partial charge in [-0.15, -0.1) is 0 Å². The highest BCUT2D eigenvalue weighted by Crippen LogP contribution is 2.50. The minimum Gasteiger partial charge on any atom is -0.493 e. The number of ether oxygens (including phenoxy) is 4. The van der Waals surface area contributed by atoms with E-state index in [0.29, 0.717) is 48.7 Å². The van der Waals surface area contributed by atoms with E-state index in [9.17, 15) is 22.8 Å². The number of sulfonamides is 1. The number of carboxylic acid groups (broad SMARTS) is 1. The van der Waals surface area contributed by atoms with Crippen LogP contribution in [0.25, 0.3) is 11.1 Å². The molecule has 0 fully saturated rings. The molecule has 12 nitrogen and oxygen atoms in total. The van der Waals surface area contributed by atoms with Gasteiger partial charge in [-0.1, -0.05) is 19.9 Å². The Morgan fingerprint density at radius 1 is 0.875 bits per heavy atom. The smallest absolute Gasteiger partial charge is 0.335 e. The van der Waals surface area contributed by atoms with Gasteiger partial charge < -0.3 is 29.4 Å². The van der Waals surface area contributed by atoms with E-state index in [2.05, 4.69) is 5.32 Å². The van der Waals surface area contributed by atoms with Crippen molar-refractivity contribution in [1.82, 2.24) is 9.62 Å². The van der Waals surface area contributed by atoms with Crippen LogP contribution in [0.1, 0.15) is 67.6 Å². The number of nitrogens with zero attached hydrogens (tertiary/aromatic N) is 1. The second-order valence-corrected chi connectivity index (χ2v) is 12.9. The summed E-state index contributed by atoms with van der Waals surface area (Å²) in [5.74, 6) is 0.538. The van der Waals surface area contributed by atoms with Gasteiger partial charge in [0, 0.05) is 25.6 Å². The lowest BCUT2D eigenvalue weighted by Crippen LogP contribution is -2.32. The van der Waals surface area contributed by atoms with Crippen LogP contribution in [-0.4, -0.2) is 71.2 Å². The third kappa shape index (κ3) is 8.45. The highest BCUT2D eigenvalue weighted by atomic mass is 32.2. The first-order chi connectivity index (χ1) is 22.9. The molecule has 48 heavy (non-hydrogen) atoms. The highest BCUT2D eigenvalue weighted by molar-refractivity contribution is 7.89. The highest BCUT2D eigenvalue weighted by Gasteiger charge is 2.29. The summed E-state index contributed by atoms with van der Waals surface area (Å²) >= 11 is 0. The number of aromatic carboxylic acids is 1. The maximum absolute atomic E-state index is 12.6. The predicted octanol–water partition coefficient (Wildman–Crippen LogP) is 5.07. The van der Waals surface area contributed by atoms with E-state index in [-0.39, 0.29) is 33.6 Å². The molecule has 1 aliphatic carbocycles. The average Bonchev–Trinajstić information content (AvgIpc) is 3.31. The fourth-order valence-electron chi connectivity index (χ4n) is 5.63. The second-order valence-electron chi connectivity index (χ2n) is 11.0. The molecule has 0 aromatic heterocycles. The average molecular weight is 685 g/mol. The van der Waals surface area contributed by atoms with Crippen LogP contribution in [0.3, 0.4) is 0 Å². The fraction of sp³-hybridized carbons (Fsp3) is 0.400. The van der Waals surface area contributed by atoms with Gasteiger partial charge in [0.05, 0.1) is 44.9 Å². The summed E-state index contributed by atoms with van der Waals surface area (Å²) in [6.45, 7) is 6.25. The molecular weight excluding hydrogens is 640 g/mol. The van der Waals surface area contributed by atoms with Gasteiger partial charge >= 0.3 is 5.97 Å². The Labute approximate surface area is 281 Å². The van der Waals surface area contributed by atoms with Crippen molar-refractivity contribution in [2.45, 2.75) is 57.4 Å². The van der Waals surface area contributed by atoms with E-state index in [1.165, 1.54) is 48.7 Å². The van der Waals surface area contributed by atoms with E-state index in [1.54, 1.807) is 27.4 Å².